The van der Waals surface area contributed by atoms with Crippen molar-refractivity contribution >= 4 is 17.1 Å². The number of carbonyl (C=O) groups excluding carboxylic acids is 1. The molecule has 0 aliphatic carbocycles. The Kier molecular flexibility index (Phi) is 4.79. The molecule has 0 fully saturated rings. The normalized spacial score (nSPS) is 12.7. The minimum atomic E-state index is -0.389. The Labute approximate surface area is 87.9 Å². The zero-order valence-electron chi connectivity index (χ0n) is 8.23. The summed E-state index contributed by atoms with van der Waals surface area (Å²) in [4.78, 5) is 11.6. The largest absolute Gasteiger partial charge is 0.385 e. The molecule has 0 aromatic carbocycles. The molecule has 0 aliphatic rings. The van der Waals surface area contributed by atoms with Crippen LogP contribution in [-0.4, -0.2) is 25.5 Å². The number of ketones is 1. The smallest absolute Gasteiger partial charge is 0.180 e. The van der Waals surface area contributed by atoms with Crippen molar-refractivity contribution in [3.8, 4) is 0 Å². The number of rotatable bonds is 6. The molecule has 1 aromatic heterocycles. The van der Waals surface area contributed by atoms with Crippen LogP contribution in [0.15, 0.2) is 16.8 Å². The number of nitrogens with two attached hydrogens (primary N) is 1. The fourth-order valence-electron chi connectivity index (χ4n) is 1.20. The van der Waals surface area contributed by atoms with Crippen molar-refractivity contribution in [1.29, 1.82) is 0 Å². The summed E-state index contributed by atoms with van der Waals surface area (Å²) in [5.74, 6) is 0.0300. The van der Waals surface area contributed by atoms with E-state index >= 15 is 0 Å². The van der Waals surface area contributed by atoms with Gasteiger partial charge in [0.25, 0.3) is 0 Å². The Hall–Kier alpha value is -0.710. The topological polar surface area (TPSA) is 52.3 Å². The van der Waals surface area contributed by atoms with Gasteiger partial charge >= 0.3 is 0 Å². The Bertz CT molecular complexity index is 272. The Morgan fingerprint density at radius 2 is 2.50 bits per heavy atom. The summed E-state index contributed by atoms with van der Waals surface area (Å²) < 4.78 is 4.90. The van der Waals surface area contributed by atoms with Crippen LogP contribution in [0.2, 0.25) is 0 Å². The van der Waals surface area contributed by atoms with Crippen molar-refractivity contribution in [1.82, 2.24) is 0 Å². The summed E-state index contributed by atoms with van der Waals surface area (Å²) in [6.45, 7) is 0.657. The molecule has 1 unspecified atom stereocenters. The number of methoxy groups -OCH3 is 1. The molecule has 1 heterocycles. The molecule has 14 heavy (non-hydrogen) atoms. The van der Waals surface area contributed by atoms with E-state index in [1.807, 2.05) is 16.8 Å². The molecular formula is C10H15NO2S. The highest BCUT2D eigenvalue weighted by Gasteiger charge is 2.15. The summed E-state index contributed by atoms with van der Waals surface area (Å²) in [6.07, 6.45) is 1.51. The van der Waals surface area contributed by atoms with Crippen molar-refractivity contribution in [3.05, 3.63) is 22.4 Å². The lowest BCUT2D eigenvalue weighted by Gasteiger charge is -2.08. The summed E-state index contributed by atoms with van der Waals surface area (Å²) in [7, 11) is 1.65. The third-order valence-electron chi connectivity index (χ3n) is 2.01. The van der Waals surface area contributed by atoms with E-state index < -0.39 is 0 Å². The maximum Gasteiger partial charge on any atom is 0.180 e. The van der Waals surface area contributed by atoms with Crippen LogP contribution in [-0.2, 0) is 4.74 Å². The van der Waals surface area contributed by atoms with E-state index in [1.54, 1.807) is 7.11 Å². The lowest BCUT2D eigenvalue weighted by atomic mass is 10.0. The van der Waals surface area contributed by atoms with Gasteiger partial charge in [0.15, 0.2) is 5.78 Å². The zero-order valence-corrected chi connectivity index (χ0v) is 9.05. The molecule has 0 bridgehead atoms. The van der Waals surface area contributed by atoms with Crippen molar-refractivity contribution in [2.45, 2.75) is 18.9 Å². The molecule has 1 rings (SSSR count). The maximum absolute atomic E-state index is 11.6. The average Bonchev–Trinajstić information content (AvgIpc) is 2.69. The minimum Gasteiger partial charge on any atom is -0.385 e. The molecule has 0 amide bonds. The fraction of sp³-hybridized carbons (Fsp3) is 0.500. The highest BCUT2D eigenvalue weighted by atomic mass is 32.1. The second kappa shape index (κ2) is 5.90. The molecular weight excluding hydrogens is 198 g/mol. The van der Waals surface area contributed by atoms with Gasteiger partial charge in [0, 0.05) is 24.7 Å². The van der Waals surface area contributed by atoms with Gasteiger partial charge < -0.3 is 10.5 Å². The van der Waals surface area contributed by atoms with Crippen LogP contribution >= 0.6 is 11.3 Å². The van der Waals surface area contributed by atoms with Crippen molar-refractivity contribution in [2.24, 2.45) is 5.73 Å². The number of ether oxygens (including phenoxy) is 1. The first-order valence-electron chi connectivity index (χ1n) is 4.56. The molecule has 1 aromatic rings. The van der Waals surface area contributed by atoms with E-state index in [0.717, 1.165) is 12.0 Å². The molecule has 0 saturated heterocycles. The Morgan fingerprint density at radius 3 is 3.07 bits per heavy atom. The number of Topliss-reactive ketones (excluding diaryl/α,β-unsaturated/α-hetero) is 1. The SMILES string of the molecule is COCCCC(N)C(=O)c1ccsc1. The highest BCUT2D eigenvalue weighted by Crippen LogP contribution is 2.10. The first-order chi connectivity index (χ1) is 6.75. The van der Waals surface area contributed by atoms with E-state index in [-0.39, 0.29) is 11.8 Å². The van der Waals surface area contributed by atoms with E-state index in [9.17, 15) is 4.79 Å². The summed E-state index contributed by atoms with van der Waals surface area (Å²) in [5.41, 5.74) is 6.47. The zero-order chi connectivity index (χ0) is 10.4. The van der Waals surface area contributed by atoms with Crippen LogP contribution < -0.4 is 5.73 Å². The molecule has 0 aliphatic heterocycles. The highest BCUT2D eigenvalue weighted by molar-refractivity contribution is 7.08. The Morgan fingerprint density at radius 1 is 1.71 bits per heavy atom. The quantitative estimate of drug-likeness (QED) is 0.578. The first kappa shape index (κ1) is 11.4. The number of hydrogen-bond acceptors (Lipinski definition) is 4. The molecule has 0 spiro atoms. The van der Waals surface area contributed by atoms with Gasteiger partial charge in [0.1, 0.15) is 0 Å². The van der Waals surface area contributed by atoms with E-state index in [1.165, 1.54) is 11.3 Å². The lowest BCUT2D eigenvalue weighted by molar-refractivity contribution is 0.0951. The fourth-order valence-corrected chi connectivity index (χ4v) is 1.84. The molecule has 1 atom stereocenters. The van der Waals surface area contributed by atoms with Crippen LogP contribution in [0.25, 0.3) is 0 Å². The van der Waals surface area contributed by atoms with E-state index in [4.69, 9.17) is 10.5 Å². The summed E-state index contributed by atoms with van der Waals surface area (Å²) in [5, 5.41) is 3.72. The van der Waals surface area contributed by atoms with Gasteiger partial charge in [-0.3, -0.25) is 4.79 Å². The van der Waals surface area contributed by atoms with Crippen LogP contribution in [0, 0.1) is 0 Å². The maximum atomic E-state index is 11.6. The first-order valence-corrected chi connectivity index (χ1v) is 5.51. The van der Waals surface area contributed by atoms with Gasteiger partial charge in [-0.2, -0.15) is 11.3 Å². The summed E-state index contributed by atoms with van der Waals surface area (Å²) in [6, 6.07) is 1.42. The molecule has 4 heteroatoms. The molecule has 0 radical (unpaired) electrons. The van der Waals surface area contributed by atoms with Crippen molar-refractivity contribution in [2.75, 3.05) is 13.7 Å². The van der Waals surface area contributed by atoms with Crippen LogP contribution in [0.5, 0.6) is 0 Å². The lowest BCUT2D eigenvalue weighted by Crippen LogP contribution is -2.30. The number of carbonyl (C=O) groups is 1. The second-order valence-electron chi connectivity index (χ2n) is 3.12. The second-order valence-corrected chi connectivity index (χ2v) is 3.90. The van der Waals surface area contributed by atoms with E-state index in [2.05, 4.69) is 0 Å². The van der Waals surface area contributed by atoms with Gasteiger partial charge in [0.05, 0.1) is 6.04 Å². The average molecular weight is 213 g/mol. The van der Waals surface area contributed by atoms with Crippen LogP contribution in [0.3, 0.4) is 0 Å². The Balaban J connectivity index is 2.37. The van der Waals surface area contributed by atoms with Gasteiger partial charge in [-0.25, -0.2) is 0 Å². The number of hydrogen-bond donors (Lipinski definition) is 1. The van der Waals surface area contributed by atoms with Gasteiger partial charge in [-0.1, -0.05) is 0 Å². The minimum absolute atomic E-state index is 0.0300. The molecule has 2 N–H and O–H groups in total. The standard InChI is InChI=1S/C10H15NO2S/c1-13-5-2-3-9(11)10(12)8-4-6-14-7-8/h4,6-7,9H,2-3,5,11H2,1H3. The molecule has 78 valence electrons. The number of thiophene rings is 1. The third-order valence-corrected chi connectivity index (χ3v) is 2.69. The monoisotopic (exact) mass is 213 g/mol. The summed E-state index contributed by atoms with van der Waals surface area (Å²) >= 11 is 1.51. The van der Waals surface area contributed by atoms with Crippen LogP contribution in [0.1, 0.15) is 23.2 Å². The van der Waals surface area contributed by atoms with Gasteiger partial charge in [-0.05, 0) is 24.3 Å². The third kappa shape index (κ3) is 3.21. The van der Waals surface area contributed by atoms with Crippen LogP contribution in [0.4, 0.5) is 0 Å². The predicted molar refractivity (Wildman–Crippen MR) is 57.7 cm³/mol. The van der Waals surface area contributed by atoms with Gasteiger partial charge in [0.2, 0.25) is 0 Å². The van der Waals surface area contributed by atoms with Crippen molar-refractivity contribution in [3.63, 3.8) is 0 Å². The van der Waals surface area contributed by atoms with E-state index in [0.29, 0.717) is 13.0 Å². The van der Waals surface area contributed by atoms with Gasteiger partial charge in [-0.15, -0.1) is 0 Å². The van der Waals surface area contributed by atoms with Crippen molar-refractivity contribution < 1.29 is 9.53 Å². The molecule has 0 saturated carbocycles. The molecule has 3 nitrogen and oxygen atoms in total. The predicted octanol–water partition coefficient (Wildman–Crippen LogP) is 1.68.